The van der Waals surface area contributed by atoms with Gasteiger partial charge in [0.05, 0.1) is 23.5 Å². The van der Waals surface area contributed by atoms with Crippen molar-refractivity contribution >= 4 is 17.5 Å². The minimum atomic E-state index is -0.232. The van der Waals surface area contributed by atoms with Gasteiger partial charge in [0.1, 0.15) is 17.0 Å². The zero-order valence-electron chi connectivity index (χ0n) is 15.3. The smallest absolute Gasteiger partial charge is 0.257 e. The van der Waals surface area contributed by atoms with Gasteiger partial charge >= 0.3 is 0 Å². The molecular weight excluding hydrogens is 364 g/mol. The second-order valence-corrected chi connectivity index (χ2v) is 7.33. The standard InChI is InChI=1S/C20H21ClN4O2/c1-12-18(19(24-27-12)14-8-3-4-9-16(14)21)20(26)22-11-17-15(10-23-25(17)2)13-6-5-7-13/h3-4,8-10,13H,5-7,11H2,1-2H3,(H,22,26). The van der Waals surface area contributed by atoms with Crippen LogP contribution in [-0.2, 0) is 13.6 Å². The molecule has 0 saturated heterocycles. The third-order valence-corrected chi connectivity index (χ3v) is 5.60. The molecule has 4 rings (SSSR count). The van der Waals surface area contributed by atoms with Crippen LogP contribution in [0.4, 0.5) is 0 Å². The summed E-state index contributed by atoms with van der Waals surface area (Å²) in [6.45, 7) is 2.14. The predicted molar refractivity (Wildman–Crippen MR) is 103 cm³/mol. The highest BCUT2D eigenvalue weighted by Crippen LogP contribution is 2.38. The van der Waals surface area contributed by atoms with E-state index in [1.165, 1.54) is 24.8 Å². The van der Waals surface area contributed by atoms with E-state index >= 15 is 0 Å². The first-order chi connectivity index (χ1) is 13.1. The molecule has 0 atom stereocenters. The second kappa shape index (κ2) is 7.19. The van der Waals surface area contributed by atoms with Crippen LogP contribution in [0.3, 0.4) is 0 Å². The van der Waals surface area contributed by atoms with E-state index in [2.05, 4.69) is 15.6 Å². The molecule has 0 unspecified atom stereocenters. The lowest BCUT2D eigenvalue weighted by atomic mass is 9.80. The van der Waals surface area contributed by atoms with Gasteiger partial charge < -0.3 is 9.84 Å². The minimum absolute atomic E-state index is 0.232. The molecule has 1 fully saturated rings. The first-order valence-corrected chi connectivity index (χ1v) is 9.44. The maximum absolute atomic E-state index is 12.9. The number of rotatable bonds is 5. The van der Waals surface area contributed by atoms with Gasteiger partial charge in [-0.25, -0.2) is 0 Å². The molecule has 3 aromatic rings. The summed E-state index contributed by atoms with van der Waals surface area (Å²) in [7, 11) is 1.91. The van der Waals surface area contributed by atoms with Crippen LogP contribution in [0.1, 0.15) is 52.6 Å². The van der Waals surface area contributed by atoms with Gasteiger partial charge in [-0.05, 0) is 37.3 Å². The third-order valence-electron chi connectivity index (χ3n) is 5.27. The lowest BCUT2D eigenvalue weighted by molar-refractivity contribution is 0.0949. The van der Waals surface area contributed by atoms with E-state index in [-0.39, 0.29) is 5.91 Å². The van der Waals surface area contributed by atoms with Crippen molar-refractivity contribution in [3.05, 3.63) is 58.1 Å². The Kier molecular flexibility index (Phi) is 4.74. The fourth-order valence-electron chi connectivity index (χ4n) is 3.49. The Balaban J connectivity index is 1.58. The number of amides is 1. The molecular formula is C20H21ClN4O2. The quantitative estimate of drug-likeness (QED) is 0.714. The fraction of sp³-hybridized carbons (Fsp3) is 0.350. The Morgan fingerprint density at radius 3 is 2.85 bits per heavy atom. The number of halogens is 1. The van der Waals surface area contributed by atoms with Gasteiger partial charge in [-0.2, -0.15) is 5.10 Å². The van der Waals surface area contributed by atoms with E-state index in [0.29, 0.717) is 40.1 Å². The van der Waals surface area contributed by atoms with Gasteiger partial charge in [0.2, 0.25) is 0 Å². The number of nitrogens with one attached hydrogen (secondary N) is 1. The maximum atomic E-state index is 12.9. The van der Waals surface area contributed by atoms with Crippen molar-refractivity contribution < 1.29 is 9.32 Å². The monoisotopic (exact) mass is 384 g/mol. The largest absolute Gasteiger partial charge is 0.360 e. The van der Waals surface area contributed by atoms with E-state index in [0.717, 1.165) is 5.69 Å². The molecule has 1 amide bonds. The summed E-state index contributed by atoms with van der Waals surface area (Å²) in [6, 6.07) is 7.28. The molecule has 0 spiro atoms. The van der Waals surface area contributed by atoms with Gasteiger partial charge in [0, 0.05) is 12.6 Å². The molecule has 2 aromatic heterocycles. The Morgan fingerprint density at radius 2 is 2.15 bits per heavy atom. The molecule has 7 heteroatoms. The Bertz CT molecular complexity index is 988. The first-order valence-electron chi connectivity index (χ1n) is 9.06. The Hall–Kier alpha value is -2.60. The van der Waals surface area contributed by atoms with E-state index in [1.54, 1.807) is 13.0 Å². The predicted octanol–water partition coefficient (Wildman–Crippen LogP) is 4.23. The van der Waals surface area contributed by atoms with E-state index in [1.807, 2.05) is 36.1 Å². The molecule has 0 aliphatic heterocycles. The number of hydrogen-bond donors (Lipinski definition) is 1. The molecule has 1 aliphatic carbocycles. The third kappa shape index (κ3) is 3.25. The van der Waals surface area contributed by atoms with Crippen molar-refractivity contribution in [1.82, 2.24) is 20.3 Å². The van der Waals surface area contributed by atoms with Gasteiger partial charge in [0.15, 0.2) is 0 Å². The van der Waals surface area contributed by atoms with Crippen molar-refractivity contribution in [3.63, 3.8) is 0 Å². The van der Waals surface area contributed by atoms with Crippen LogP contribution in [-0.4, -0.2) is 20.8 Å². The van der Waals surface area contributed by atoms with Gasteiger partial charge in [-0.15, -0.1) is 0 Å². The Morgan fingerprint density at radius 1 is 1.37 bits per heavy atom. The second-order valence-electron chi connectivity index (χ2n) is 6.92. The van der Waals surface area contributed by atoms with Gasteiger partial charge in [-0.3, -0.25) is 9.48 Å². The maximum Gasteiger partial charge on any atom is 0.257 e. The van der Waals surface area contributed by atoms with E-state index < -0.39 is 0 Å². The molecule has 0 bridgehead atoms. The summed E-state index contributed by atoms with van der Waals surface area (Å²) < 4.78 is 7.13. The fourth-order valence-corrected chi connectivity index (χ4v) is 3.71. The molecule has 0 radical (unpaired) electrons. The van der Waals surface area contributed by atoms with Crippen molar-refractivity contribution in [3.8, 4) is 11.3 Å². The highest BCUT2D eigenvalue weighted by molar-refractivity contribution is 6.33. The average molecular weight is 385 g/mol. The van der Waals surface area contributed by atoms with E-state index in [9.17, 15) is 4.79 Å². The number of nitrogens with zero attached hydrogens (tertiary/aromatic N) is 3. The molecule has 1 saturated carbocycles. The SMILES string of the molecule is Cc1onc(-c2ccccc2Cl)c1C(=O)NCc1c(C2CCC2)cnn1C. The number of hydrogen-bond acceptors (Lipinski definition) is 4. The van der Waals surface area contributed by atoms with Crippen LogP contribution in [0.15, 0.2) is 35.0 Å². The molecule has 1 aliphatic rings. The lowest BCUT2D eigenvalue weighted by Gasteiger charge is -2.25. The molecule has 6 nitrogen and oxygen atoms in total. The average Bonchev–Trinajstić information content (AvgIpc) is 3.15. The molecule has 1 aromatic carbocycles. The summed E-state index contributed by atoms with van der Waals surface area (Å²) in [5.74, 6) is 0.790. The number of benzene rings is 1. The Labute approximate surface area is 162 Å². The number of carbonyl (C=O) groups excluding carboxylic acids is 1. The van der Waals surface area contributed by atoms with Crippen LogP contribution < -0.4 is 5.32 Å². The summed E-state index contributed by atoms with van der Waals surface area (Å²) in [6.07, 6.45) is 5.56. The topological polar surface area (TPSA) is 73.0 Å². The van der Waals surface area contributed by atoms with Crippen LogP contribution in [0.25, 0.3) is 11.3 Å². The highest BCUT2D eigenvalue weighted by Gasteiger charge is 2.26. The minimum Gasteiger partial charge on any atom is -0.360 e. The summed E-state index contributed by atoms with van der Waals surface area (Å²) in [5, 5.41) is 12.0. The summed E-state index contributed by atoms with van der Waals surface area (Å²) in [5.41, 5.74) is 3.83. The summed E-state index contributed by atoms with van der Waals surface area (Å²) in [4.78, 5) is 12.9. The molecule has 140 valence electrons. The number of aryl methyl sites for hydroxylation is 2. The molecule has 27 heavy (non-hydrogen) atoms. The molecule has 2 heterocycles. The van der Waals surface area contributed by atoms with Gasteiger partial charge in [0.25, 0.3) is 5.91 Å². The van der Waals surface area contributed by atoms with Crippen molar-refractivity contribution in [2.75, 3.05) is 0 Å². The highest BCUT2D eigenvalue weighted by atomic mass is 35.5. The normalized spacial score (nSPS) is 14.2. The van der Waals surface area contributed by atoms with Crippen molar-refractivity contribution in [2.45, 2.75) is 38.6 Å². The zero-order valence-corrected chi connectivity index (χ0v) is 16.1. The van der Waals surface area contributed by atoms with E-state index in [4.69, 9.17) is 16.1 Å². The molecule has 1 N–H and O–H groups in total. The number of aromatic nitrogens is 3. The van der Waals surface area contributed by atoms with Crippen LogP contribution in [0, 0.1) is 6.92 Å². The summed E-state index contributed by atoms with van der Waals surface area (Å²) >= 11 is 6.28. The first kappa shape index (κ1) is 17.8. The van der Waals surface area contributed by atoms with Crippen LogP contribution >= 0.6 is 11.6 Å². The van der Waals surface area contributed by atoms with Gasteiger partial charge in [-0.1, -0.05) is 41.4 Å². The van der Waals surface area contributed by atoms with Crippen molar-refractivity contribution in [1.29, 1.82) is 0 Å². The lowest BCUT2D eigenvalue weighted by Crippen LogP contribution is -2.26. The van der Waals surface area contributed by atoms with Crippen LogP contribution in [0.2, 0.25) is 5.02 Å². The van der Waals surface area contributed by atoms with Crippen LogP contribution in [0.5, 0.6) is 0 Å². The number of carbonyl (C=O) groups is 1. The van der Waals surface area contributed by atoms with Crippen molar-refractivity contribution in [2.24, 2.45) is 7.05 Å². The zero-order chi connectivity index (χ0) is 19.0.